The summed E-state index contributed by atoms with van der Waals surface area (Å²) in [7, 11) is 0. The second-order valence-electron chi connectivity index (χ2n) is 0.0833. The van der Waals surface area contributed by atoms with Crippen LogP contribution in [0.15, 0.2) is 0 Å². The molecule has 0 spiro atoms. The van der Waals surface area contributed by atoms with Gasteiger partial charge in [0, 0.05) is 22.1 Å². The van der Waals surface area contributed by atoms with Gasteiger partial charge in [-0.2, -0.15) is 0 Å². The third-order valence-corrected chi connectivity index (χ3v) is 0. The average Bonchev–Trinajstić information content (AvgIpc) is 0.918. The molecule has 0 atom stereocenters. The predicted octanol–water partition coefficient (Wildman–Crippen LogP) is -2.32. The SMILES string of the molecule is O=[NH+][O-].[Co].[KH]. The van der Waals surface area contributed by atoms with Crippen LogP contribution < -0.4 is 5.34 Å². The van der Waals surface area contributed by atoms with E-state index >= 15 is 0 Å². The molecule has 3 nitrogen and oxygen atoms in total. The van der Waals surface area contributed by atoms with Gasteiger partial charge in [-0.05, 0) is 0 Å². The van der Waals surface area contributed by atoms with Gasteiger partial charge in [0.05, 0.1) is 0 Å². The van der Waals surface area contributed by atoms with Gasteiger partial charge < -0.3 is 0 Å². The third kappa shape index (κ3) is 29.2. The summed E-state index contributed by atoms with van der Waals surface area (Å²) < 4.78 is 0. The van der Waals surface area contributed by atoms with Crippen molar-refractivity contribution in [1.82, 2.24) is 0 Å². The summed E-state index contributed by atoms with van der Waals surface area (Å²) in [6.45, 7) is 0. The van der Waals surface area contributed by atoms with Crippen molar-refractivity contribution in [3.8, 4) is 0 Å². The van der Waals surface area contributed by atoms with Gasteiger partial charge >= 0.3 is 51.4 Å². The van der Waals surface area contributed by atoms with Crippen LogP contribution in [0.3, 0.4) is 0 Å². The molecule has 0 rings (SSSR count). The van der Waals surface area contributed by atoms with E-state index in [1.54, 1.807) is 0 Å². The van der Waals surface area contributed by atoms with Gasteiger partial charge in [0.1, 0.15) is 0 Å². The number of hydrogen-bond acceptors (Lipinski definition) is 2. The molecular weight excluding hydrogens is 144 g/mol. The molecule has 0 aliphatic rings. The second-order valence-corrected chi connectivity index (χ2v) is 0.0833. The predicted molar refractivity (Wildman–Crippen MR) is 14.8 cm³/mol. The van der Waals surface area contributed by atoms with E-state index in [1.165, 1.54) is 0 Å². The summed E-state index contributed by atoms with van der Waals surface area (Å²) in [6, 6.07) is 0. The van der Waals surface area contributed by atoms with Crippen LogP contribution in [-0.2, 0) is 16.8 Å². The number of rotatable bonds is 0. The van der Waals surface area contributed by atoms with Crippen molar-refractivity contribution in [3.63, 3.8) is 0 Å². The Morgan fingerprint density at radius 1 is 1.60 bits per heavy atom. The van der Waals surface area contributed by atoms with E-state index in [-0.39, 0.29) is 73.5 Å². The second kappa shape index (κ2) is 17.7. The molecule has 0 aliphatic heterocycles. The van der Waals surface area contributed by atoms with Crippen molar-refractivity contribution < 1.29 is 22.1 Å². The molecule has 0 aromatic heterocycles. The molecule has 0 fully saturated rings. The Kier molecular flexibility index (Phi) is 56.7. The standard InChI is InChI=1S/Co.K.HNO2.H/c;;2-1-3;/h;;1H;. The summed E-state index contributed by atoms with van der Waals surface area (Å²) in [5, 5.41) is 8.38. The van der Waals surface area contributed by atoms with E-state index in [0.29, 0.717) is 0 Å². The molecule has 0 heterocycles. The van der Waals surface area contributed by atoms with E-state index in [1.807, 2.05) is 0 Å². The topological polar surface area (TPSA) is 54.1 Å². The molecule has 1 radical (unpaired) electrons. The summed E-state index contributed by atoms with van der Waals surface area (Å²) in [4.78, 5) is 8.12. The molecule has 0 saturated carbocycles. The number of nitrogens with one attached hydrogen (secondary N) is 1. The van der Waals surface area contributed by atoms with Gasteiger partial charge in [0.15, 0.2) is 0 Å². The molecule has 29 valence electrons. The van der Waals surface area contributed by atoms with E-state index in [0.717, 1.165) is 0 Å². The van der Waals surface area contributed by atoms with E-state index < -0.39 is 0 Å². The van der Waals surface area contributed by atoms with Crippen molar-refractivity contribution in [2.24, 2.45) is 0 Å². The van der Waals surface area contributed by atoms with Gasteiger partial charge in [0.2, 0.25) is 0 Å². The first-order valence-corrected chi connectivity index (χ1v) is 0.408. The van der Waals surface area contributed by atoms with Crippen molar-refractivity contribution in [2.45, 2.75) is 0 Å². The van der Waals surface area contributed by atoms with Gasteiger partial charge in [-0.1, -0.05) is 0 Å². The minimum atomic E-state index is 0. The summed E-state index contributed by atoms with van der Waals surface area (Å²) >= 11 is 0. The maximum absolute atomic E-state index is 8.12. The molecular formula is H2CoKNO2. The Bertz CT molecular complexity index is 17.1. The normalized spacial score (nSPS) is 2.40. The zero-order valence-electron chi connectivity index (χ0n) is 1.65. The summed E-state index contributed by atoms with van der Waals surface area (Å²) in [5.41, 5.74) is 0. The first kappa shape index (κ1) is 16.0. The van der Waals surface area contributed by atoms with Gasteiger partial charge in [-0.15, -0.1) is 0 Å². The van der Waals surface area contributed by atoms with Gasteiger partial charge in [-0.25, -0.2) is 0 Å². The minimum absolute atomic E-state index is 0. The van der Waals surface area contributed by atoms with E-state index in [4.69, 9.17) is 10.1 Å². The van der Waals surface area contributed by atoms with Crippen molar-refractivity contribution >= 4 is 51.4 Å². The fraction of sp³-hybridized carbons (Fsp3) is 0. The zero-order valence-corrected chi connectivity index (χ0v) is 2.69. The van der Waals surface area contributed by atoms with Crippen LogP contribution in [0.2, 0.25) is 0 Å². The molecule has 0 bridgehead atoms. The molecule has 0 unspecified atom stereocenters. The van der Waals surface area contributed by atoms with Crippen LogP contribution in [0, 0.1) is 10.1 Å². The molecule has 5 heteroatoms. The Labute approximate surface area is 82.1 Å². The van der Waals surface area contributed by atoms with Gasteiger partial charge in [0.25, 0.3) is 0 Å². The van der Waals surface area contributed by atoms with Crippen molar-refractivity contribution in [2.75, 3.05) is 0 Å². The third-order valence-electron chi connectivity index (χ3n) is 0. The van der Waals surface area contributed by atoms with Crippen molar-refractivity contribution in [3.05, 3.63) is 10.1 Å². The molecule has 1 N–H and O–H groups in total. The first-order chi connectivity index (χ1) is 1.41. The average molecular weight is 146 g/mol. The van der Waals surface area contributed by atoms with E-state index in [2.05, 4.69) is 0 Å². The van der Waals surface area contributed by atoms with Crippen LogP contribution in [0.25, 0.3) is 0 Å². The summed E-state index contributed by atoms with van der Waals surface area (Å²) in [5.74, 6) is 0. The first-order valence-electron chi connectivity index (χ1n) is 0.408. The van der Waals surface area contributed by atoms with Crippen LogP contribution in [0.1, 0.15) is 0 Å². The zero-order chi connectivity index (χ0) is 2.71. The van der Waals surface area contributed by atoms with Gasteiger partial charge in [-0.3, -0.25) is 10.1 Å². The van der Waals surface area contributed by atoms with Crippen LogP contribution in [0.4, 0.5) is 0 Å². The van der Waals surface area contributed by atoms with Crippen LogP contribution >= 0.6 is 0 Å². The Hall–Kier alpha value is 1.54. The number of hydrogen-bond donors (Lipinski definition) is 1. The Balaban J connectivity index is -0.0000000200. The monoisotopic (exact) mass is 146 g/mol. The molecule has 0 saturated heterocycles. The summed E-state index contributed by atoms with van der Waals surface area (Å²) in [6.07, 6.45) is 0. The molecule has 0 aromatic carbocycles. The van der Waals surface area contributed by atoms with Crippen molar-refractivity contribution in [1.29, 1.82) is 0 Å². The fourth-order valence-electron chi connectivity index (χ4n) is 0. The molecule has 0 aromatic rings. The maximum atomic E-state index is 8.12. The Morgan fingerprint density at radius 2 is 1.60 bits per heavy atom. The quantitative estimate of drug-likeness (QED) is 0.237. The molecule has 5 heavy (non-hydrogen) atoms. The van der Waals surface area contributed by atoms with E-state index in [9.17, 15) is 0 Å². The molecule has 0 amide bonds. The molecule has 0 aliphatic carbocycles. The van der Waals surface area contributed by atoms with Crippen LogP contribution in [0.5, 0.6) is 0 Å². The fourth-order valence-corrected chi connectivity index (χ4v) is 0. The Morgan fingerprint density at radius 3 is 1.60 bits per heavy atom. The van der Waals surface area contributed by atoms with Crippen LogP contribution in [-0.4, -0.2) is 51.4 Å².